The van der Waals surface area contributed by atoms with Crippen molar-refractivity contribution in [1.29, 1.82) is 0 Å². The molecule has 0 saturated carbocycles. The van der Waals surface area contributed by atoms with Gasteiger partial charge in [0, 0.05) is 16.7 Å². The topological polar surface area (TPSA) is 61.0 Å². The zero-order valence-corrected chi connectivity index (χ0v) is 14.6. The standard InChI is InChI=1S/C19H14ClN3OS/c20-15-9-7-14(8-10-15)16(11-6-13-4-2-1-3-5-13)21-17-12-18(24)23-19(25)22-17/h1-12H,(H2,22,23,24,25)/b11-6+,21-16+. The van der Waals surface area contributed by atoms with Crippen LogP contribution >= 0.6 is 23.8 Å². The highest BCUT2D eigenvalue weighted by atomic mass is 35.5. The number of H-pyrrole nitrogens is 2. The molecule has 0 amide bonds. The van der Waals surface area contributed by atoms with Crippen LogP contribution in [0.4, 0.5) is 5.82 Å². The third kappa shape index (κ3) is 4.86. The van der Waals surface area contributed by atoms with E-state index in [1.807, 2.05) is 54.6 Å². The number of hydrogen-bond acceptors (Lipinski definition) is 3. The minimum absolute atomic E-state index is 0.230. The molecule has 3 rings (SSSR count). The summed E-state index contributed by atoms with van der Waals surface area (Å²) >= 11 is 11.0. The van der Waals surface area contributed by atoms with Gasteiger partial charge < -0.3 is 4.98 Å². The van der Waals surface area contributed by atoms with Crippen LogP contribution in [0.25, 0.3) is 6.08 Å². The Kier molecular flexibility index (Phi) is 5.38. The van der Waals surface area contributed by atoms with Gasteiger partial charge in [-0.3, -0.25) is 9.78 Å². The number of allylic oxidation sites excluding steroid dienone is 1. The first kappa shape index (κ1) is 17.1. The summed E-state index contributed by atoms with van der Waals surface area (Å²) in [6.07, 6.45) is 3.84. The van der Waals surface area contributed by atoms with Gasteiger partial charge in [0.1, 0.15) is 5.82 Å². The Hall–Kier alpha value is -2.76. The van der Waals surface area contributed by atoms with Gasteiger partial charge in [-0.1, -0.05) is 60.1 Å². The summed E-state index contributed by atoms with van der Waals surface area (Å²) < 4.78 is 0.230. The predicted molar refractivity (Wildman–Crippen MR) is 105 cm³/mol. The second-order valence-electron chi connectivity index (χ2n) is 5.22. The number of aliphatic imine (C=N–C) groups is 1. The number of aromatic amines is 2. The van der Waals surface area contributed by atoms with Gasteiger partial charge in [-0.2, -0.15) is 0 Å². The molecule has 6 heteroatoms. The fourth-order valence-electron chi connectivity index (χ4n) is 2.20. The van der Waals surface area contributed by atoms with E-state index in [4.69, 9.17) is 23.8 Å². The third-order valence-electron chi connectivity index (χ3n) is 3.36. The fourth-order valence-corrected chi connectivity index (χ4v) is 2.53. The molecule has 3 aromatic rings. The van der Waals surface area contributed by atoms with E-state index >= 15 is 0 Å². The van der Waals surface area contributed by atoms with Crippen LogP contribution in [-0.4, -0.2) is 15.7 Å². The van der Waals surface area contributed by atoms with Gasteiger partial charge >= 0.3 is 0 Å². The van der Waals surface area contributed by atoms with Crippen LogP contribution in [-0.2, 0) is 0 Å². The molecule has 1 heterocycles. The van der Waals surface area contributed by atoms with E-state index in [0.717, 1.165) is 11.1 Å². The number of rotatable bonds is 4. The smallest absolute Gasteiger partial charge is 0.253 e. The quantitative estimate of drug-likeness (QED) is 0.508. The highest BCUT2D eigenvalue weighted by Crippen LogP contribution is 2.15. The molecule has 0 unspecified atom stereocenters. The summed E-state index contributed by atoms with van der Waals surface area (Å²) in [7, 11) is 0. The highest BCUT2D eigenvalue weighted by Gasteiger charge is 2.02. The van der Waals surface area contributed by atoms with Crippen molar-refractivity contribution in [3.63, 3.8) is 0 Å². The molecule has 2 aromatic carbocycles. The lowest BCUT2D eigenvalue weighted by atomic mass is 10.1. The summed E-state index contributed by atoms with van der Waals surface area (Å²) in [6, 6.07) is 18.6. The molecule has 0 bridgehead atoms. The first-order chi connectivity index (χ1) is 12.1. The average molecular weight is 368 g/mol. The Morgan fingerprint density at radius 2 is 1.76 bits per heavy atom. The minimum atomic E-state index is -0.301. The van der Waals surface area contributed by atoms with Crippen LogP contribution in [0.5, 0.6) is 0 Å². The summed E-state index contributed by atoms with van der Waals surface area (Å²) in [5.74, 6) is 0.386. The van der Waals surface area contributed by atoms with Crippen LogP contribution in [0.15, 0.2) is 76.5 Å². The molecule has 0 aliphatic carbocycles. The Labute approximate surface area is 154 Å². The number of benzene rings is 2. The lowest BCUT2D eigenvalue weighted by Gasteiger charge is -2.03. The Bertz CT molecular complexity index is 1010. The lowest BCUT2D eigenvalue weighted by Crippen LogP contribution is -2.05. The maximum atomic E-state index is 11.6. The second-order valence-corrected chi connectivity index (χ2v) is 6.07. The van der Waals surface area contributed by atoms with Crippen molar-refractivity contribution < 1.29 is 0 Å². The van der Waals surface area contributed by atoms with E-state index in [9.17, 15) is 4.79 Å². The molecule has 0 atom stereocenters. The van der Waals surface area contributed by atoms with Crippen LogP contribution in [0.1, 0.15) is 11.1 Å². The molecular weight excluding hydrogens is 354 g/mol. The Morgan fingerprint density at radius 3 is 2.44 bits per heavy atom. The normalized spacial score (nSPS) is 11.8. The van der Waals surface area contributed by atoms with Gasteiger partial charge in [0.05, 0.1) is 5.71 Å². The second kappa shape index (κ2) is 7.88. The number of aromatic nitrogens is 2. The molecule has 0 saturated heterocycles. The fraction of sp³-hybridized carbons (Fsp3) is 0. The van der Waals surface area contributed by atoms with Crippen molar-refractivity contribution in [2.75, 3.05) is 0 Å². The van der Waals surface area contributed by atoms with Crippen molar-refractivity contribution in [1.82, 2.24) is 9.97 Å². The Morgan fingerprint density at radius 1 is 1.04 bits per heavy atom. The zero-order valence-electron chi connectivity index (χ0n) is 13.1. The van der Waals surface area contributed by atoms with Crippen molar-refractivity contribution in [3.05, 3.63) is 98.0 Å². The molecule has 1 aromatic heterocycles. The van der Waals surface area contributed by atoms with Crippen LogP contribution in [0.3, 0.4) is 0 Å². The highest BCUT2D eigenvalue weighted by molar-refractivity contribution is 7.71. The van der Waals surface area contributed by atoms with Crippen molar-refractivity contribution in [2.45, 2.75) is 0 Å². The monoisotopic (exact) mass is 367 g/mol. The van der Waals surface area contributed by atoms with Gasteiger partial charge in [-0.25, -0.2) is 4.99 Å². The SMILES string of the molecule is O=c1cc(/N=C(\C=C\c2ccccc2)c2ccc(Cl)cc2)[nH]c(=S)[nH]1. The van der Waals surface area contributed by atoms with E-state index in [1.165, 1.54) is 6.07 Å². The summed E-state index contributed by atoms with van der Waals surface area (Å²) in [5.41, 5.74) is 2.29. The van der Waals surface area contributed by atoms with Crippen molar-refractivity contribution in [2.24, 2.45) is 4.99 Å². The number of halogens is 1. The molecule has 4 nitrogen and oxygen atoms in total. The zero-order chi connectivity index (χ0) is 17.6. The van der Waals surface area contributed by atoms with Gasteiger partial charge in [0.15, 0.2) is 4.77 Å². The maximum absolute atomic E-state index is 11.6. The van der Waals surface area contributed by atoms with Gasteiger partial charge in [-0.05, 0) is 36.0 Å². The number of hydrogen-bond donors (Lipinski definition) is 2. The maximum Gasteiger partial charge on any atom is 0.253 e. The van der Waals surface area contributed by atoms with Gasteiger partial charge in [-0.15, -0.1) is 0 Å². The van der Waals surface area contributed by atoms with E-state index < -0.39 is 0 Å². The average Bonchev–Trinajstić information content (AvgIpc) is 2.59. The predicted octanol–water partition coefficient (Wildman–Crippen LogP) is 4.92. The molecule has 124 valence electrons. The van der Waals surface area contributed by atoms with E-state index in [2.05, 4.69) is 15.0 Å². The summed E-state index contributed by atoms with van der Waals surface area (Å²) in [4.78, 5) is 21.5. The first-order valence-corrected chi connectivity index (χ1v) is 8.30. The van der Waals surface area contributed by atoms with Gasteiger partial charge in [0.2, 0.25) is 0 Å². The molecule has 0 fully saturated rings. The molecular formula is C19H14ClN3OS. The Balaban J connectivity index is 2.06. The minimum Gasteiger partial charge on any atom is -0.317 e. The van der Waals surface area contributed by atoms with Crippen LogP contribution in [0.2, 0.25) is 5.02 Å². The molecule has 0 spiro atoms. The van der Waals surface area contributed by atoms with Crippen molar-refractivity contribution >= 4 is 41.4 Å². The van der Waals surface area contributed by atoms with Gasteiger partial charge in [0.25, 0.3) is 5.56 Å². The van der Waals surface area contributed by atoms with Crippen LogP contribution in [0, 0.1) is 4.77 Å². The van der Waals surface area contributed by atoms with Crippen LogP contribution < -0.4 is 5.56 Å². The molecule has 0 aliphatic heterocycles. The lowest BCUT2D eigenvalue weighted by molar-refractivity contribution is 1.08. The number of nitrogens with one attached hydrogen (secondary N) is 2. The largest absolute Gasteiger partial charge is 0.317 e. The first-order valence-electron chi connectivity index (χ1n) is 7.51. The molecule has 25 heavy (non-hydrogen) atoms. The number of nitrogens with zero attached hydrogens (tertiary/aromatic N) is 1. The summed E-state index contributed by atoms with van der Waals surface area (Å²) in [6.45, 7) is 0. The van der Waals surface area contributed by atoms with E-state index in [1.54, 1.807) is 12.1 Å². The van der Waals surface area contributed by atoms with E-state index in [0.29, 0.717) is 16.6 Å². The third-order valence-corrected chi connectivity index (χ3v) is 3.82. The molecule has 0 aliphatic rings. The van der Waals surface area contributed by atoms with E-state index in [-0.39, 0.29) is 10.3 Å². The van der Waals surface area contributed by atoms with Crippen molar-refractivity contribution in [3.8, 4) is 0 Å². The molecule has 2 N–H and O–H groups in total. The summed E-state index contributed by atoms with van der Waals surface area (Å²) in [5, 5.41) is 0.644. The molecule has 0 radical (unpaired) electrons.